The third-order valence-electron chi connectivity index (χ3n) is 2.75. The zero-order chi connectivity index (χ0) is 15.2. The fourth-order valence-corrected chi connectivity index (χ4v) is 1.77. The molecule has 0 bridgehead atoms. The Hall–Kier alpha value is -2.43. The SMILES string of the molecule is CCOc1ccccc1C(=O)COc1ccc(F)c(F)c1. The first-order chi connectivity index (χ1) is 10.1. The molecule has 0 aromatic heterocycles. The van der Waals surface area contributed by atoms with Crippen molar-refractivity contribution < 1.29 is 23.0 Å². The van der Waals surface area contributed by atoms with E-state index in [0.717, 1.165) is 12.1 Å². The van der Waals surface area contributed by atoms with Crippen molar-refractivity contribution >= 4 is 5.78 Å². The van der Waals surface area contributed by atoms with E-state index >= 15 is 0 Å². The van der Waals surface area contributed by atoms with Crippen LogP contribution in [-0.4, -0.2) is 19.0 Å². The van der Waals surface area contributed by atoms with E-state index < -0.39 is 11.6 Å². The highest BCUT2D eigenvalue weighted by Gasteiger charge is 2.13. The van der Waals surface area contributed by atoms with Gasteiger partial charge in [-0.05, 0) is 31.2 Å². The molecule has 0 aliphatic rings. The van der Waals surface area contributed by atoms with Crippen molar-refractivity contribution in [2.75, 3.05) is 13.2 Å². The molecule has 0 fully saturated rings. The molecule has 3 nitrogen and oxygen atoms in total. The minimum Gasteiger partial charge on any atom is -0.493 e. The standard InChI is InChI=1S/C16H14F2O3/c1-2-20-16-6-4-3-5-12(16)15(19)10-21-11-7-8-13(17)14(18)9-11/h3-9H,2,10H2,1H3. The van der Waals surface area contributed by atoms with E-state index in [9.17, 15) is 13.6 Å². The predicted octanol–water partition coefficient (Wildman–Crippen LogP) is 3.63. The lowest BCUT2D eigenvalue weighted by Crippen LogP contribution is -2.13. The minimum atomic E-state index is -1.02. The first-order valence-electron chi connectivity index (χ1n) is 6.44. The van der Waals surface area contributed by atoms with Gasteiger partial charge in [0.05, 0.1) is 12.2 Å². The summed E-state index contributed by atoms with van der Waals surface area (Å²) < 4.78 is 36.4. The van der Waals surface area contributed by atoms with E-state index in [2.05, 4.69) is 0 Å². The topological polar surface area (TPSA) is 35.5 Å². The summed E-state index contributed by atoms with van der Waals surface area (Å²) in [6.07, 6.45) is 0. The van der Waals surface area contributed by atoms with Crippen LogP contribution in [0.15, 0.2) is 42.5 Å². The molecule has 2 rings (SSSR count). The third kappa shape index (κ3) is 3.78. The van der Waals surface area contributed by atoms with Crippen molar-refractivity contribution in [3.8, 4) is 11.5 Å². The number of carbonyl (C=O) groups excluding carboxylic acids is 1. The number of para-hydroxylation sites is 1. The lowest BCUT2D eigenvalue weighted by Gasteiger charge is -2.10. The van der Waals surface area contributed by atoms with Gasteiger partial charge in [-0.3, -0.25) is 4.79 Å². The van der Waals surface area contributed by atoms with Gasteiger partial charge in [0.15, 0.2) is 18.2 Å². The van der Waals surface area contributed by atoms with Gasteiger partial charge in [0.25, 0.3) is 0 Å². The molecule has 5 heteroatoms. The third-order valence-corrected chi connectivity index (χ3v) is 2.75. The maximum atomic E-state index is 13.0. The van der Waals surface area contributed by atoms with E-state index in [1.807, 2.05) is 6.92 Å². The van der Waals surface area contributed by atoms with Gasteiger partial charge >= 0.3 is 0 Å². The monoisotopic (exact) mass is 292 g/mol. The van der Waals surface area contributed by atoms with Crippen molar-refractivity contribution in [1.29, 1.82) is 0 Å². The van der Waals surface area contributed by atoms with Crippen LogP contribution in [0.4, 0.5) is 8.78 Å². The molecule has 0 unspecified atom stereocenters. The predicted molar refractivity (Wildman–Crippen MR) is 73.8 cm³/mol. The second-order valence-corrected chi connectivity index (χ2v) is 4.22. The van der Waals surface area contributed by atoms with Crippen LogP contribution in [0.1, 0.15) is 17.3 Å². The number of Topliss-reactive ketones (excluding diaryl/α,β-unsaturated/α-hetero) is 1. The Morgan fingerprint density at radius 3 is 2.52 bits per heavy atom. The highest BCUT2D eigenvalue weighted by molar-refractivity contribution is 5.99. The van der Waals surface area contributed by atoms with E-state index in [4.69, 9.17) is 9.47 Å². The first kappa shape index (κ1) is 15.0. The van der Waals surface area contributed by atoms with Crippen LogP contribution in [0.3, 0.4) is 0 Å². The zero-order valence-electron chi connectivity index (χ0n) is 11.4. The molecule has 0 N–H and O–H groups in total. The molecule has 0 amide bonds. The van der Waals surface area contributed by atoms with Gasteiger partial charge in [-0.1, -0.05) is 12.1 Å². The molecule has 0 radical (unpaired) electrons. The van der Waals surface area contributed by atoms with Crippen LogP contribution in [0.5, 0.6) is 11.5 Å². The Morgan fingerprint density at radius 1 is 1.05 bits per heavy atom. The molecule has 2 aromatic carbocycles. The molecular formula is C16H14F2O3. The highest BCUT2D eigenvalue weighted by Crippen LogP contribution is 2.20. The van der Waals surface area contributed by atoms with E-state index in [1.54, 1.807) is 24.3 Å². The lowest BCUT2D eigenvalue weighted by atomic mass is 10.1. The van der Waals surface area contributed by atoms with Gasteiger partial charge in [-0.25, -0.2) is 8.78 Å². The van der Waals surface area contributed by atoms with Gasteiger partial charge in [0.1, 0.15) is 11.5 Å². The van der Waals surface area contributed by atoms with Crippen molar-refractivity contribution in [3.05, 3.63) is 59.7 Å². The van der Waals surface area contributed by atoms with E-state index in [1.165, 1.54) is 6.07 Å². The zero-order valence-corrected chi connectivity index (χ0v) is 11.4. The van der Waals surface area contributed by atoms with Gasteiger partial charge in [0.2, 0.25) is 5.78 Å². The van der Waals surface area contributed by atoms with Crippen LogP contribution in [0.25, 0.3) is 0 Å². The van der Waals surface area contributed by atoms with Crippen molar-refractivity contribution in [2.45, 2.75) is 6.92 Å². The summed E-state index contributed by atoms with van der Waals surface area (Å²) in [4.78, 5) is 12.1. The van der Waals surface area contributed by atoms with Gasteiger partial charge in [-0.15, -0.1) is 0 Å². The van der Waals surface area contributed by atoms with Gasteiger partial charge < -0.3 is 9.47 Å². The van der Waals surface area contributed by atoms with E-state index in [-0.39, 0.29) is 18.1 Å². The smallest absolute Gasteiger partial charge is 0.203 e. The number of rotatable bonds is 6. The fourth-order valence-electron chi connectivity index (χ4n) is 1.77. The summed E-state index contributed by atoms with van der Waals surface area (Å²) in [7, 11) is 0. The highest BCUT2D eigenvalue weighted by atomic mass is 19.2. The number of halogens is 2. The van der Waals surface area contributed by atoms with Gasteiger partial charge in [0, 0.05) is 6.07 Å². The lowest BCUT2D eigenvalue weighted by molar-refractivity contribution is 0.0917. The number of ether oxygens (including phenoxy) is 2. The van der Waals surface area contributed by atoms with Crippen molar-refractivity contribution in [3.63, 3.8) is 0 Å². The van der Waals surface area contributed by atoms with Crippen LogP contribution < -0.4 is 9.47 Å². The van der Waals surface area contributed by atoms with Gasteiger partial charge in [-0.2, -0.15) is 0 Å². The largest absolute Gasteiger partial charge is 0.493 e. The Morgan fingerprint density at radius 2 is 1.81 bits per heavy atom. The quantitative estimate of drug-likeness (QED) is 0.763. The number of benzene rings is 2. The summed E-state index contributed by atoms with van der Waals surface area (Å²) in [5.41, 5.74) is 0.391. The van der Waals surface area contributed by atoms with Crippen LogP contribution in [-0.2, 0) is 0 Å². The summed E-state index contributed by atoms with van der Waals surface area (Å²) in [6, 6.07) is 9.90. The second kappa shape index (κ2) is 6.83. The van der Waals surface area contributed by atoms with Crippen LogP contribution >= 0.6 is 0 Å². The first-order valence-corrected chi connectivity index (χ1v) is 6.44. The Labute approximate surface area is 121 Å². The molecular weight excluding hydrogens is 278 g/mol. The molecule has 0 aliphatic heterocycles. The maximum absolute atomic E-state index is 13.0. The normalized spacial score (nSPS) is 10.2. The Kier molecular flexibility index (Phi) is 4.87. The number of ketones is 1. The fraction of sp³-hybridized carbons (Fsp3) is 0.188. The molecule has 0 saturated carbocycles. The van der Waals surface area contributed by atoms with E-state index in [0.29, 0.717) is 17.9 Å². The number of carbonyl (C=O) groups is 1. The molecule has 110 valence electrons. The molecule has 0 saturated heterocycles. The Bertz CT molecular complexity index is 641. The van der Waals surface area contributed by atoms with Crippen LogP contribution in [0.2, 0.25) is 0 Å². The average Bonchev–Trinajstić information content (AvgIpc) is 2.49. The molecule has 0 spiro atoms. The van der Waals surface area contributed by atoms with Crippen LogP contribution in [0, 0.1) is 11.6 Å². The number of hydrogen-bond donors (Lipinski definition) is 0. The Balaban J connectivity index is 2.06. The summed E-state index contributed by atoms with van der Waals surface area (Å²) in [5.74, 6) is -1.72. The minimum absolute atomic E-state index is 0.0936. The summed E-state index contributed by atoms with van der Waals surface area (Å²) in [5, 5.41) is 0. The molecule has 0 heterocycles. The number of hydrogen-bond acceptors (Lipinski definition) is 3. The molecule has 2 aromatic rings. The maximum Gasteiger partial charge on any atom is 0.203 e. The average molecular weight is 292 g/mol. The second-order valence-electron chi connectivity index (χ2n) is 4.22. The molecule has 0 atom stereocenters. The molecule has 0 aliphatic carbocycles. The molecule has 21 heavy (non-hydrogen) atoms. The summed E-state index contributed by atoms with van der Waals surface area (Å²) >= 11 is 0. The summed E-state index contributed by atoms with van der Waals surface area (Å²) in [6.45, 7) is 1.97. The van der Waals surface area contributed by atoms with Crippen molar-refractivity contribution in [1.82, 2.24) is 0 Å². The van der Waals surface area contributed by atoms with Crippen molar-refractivity contribution in [2.24, 2.45) is 0 Å².